The molecule has 0 saturated heterocycles. The van der Waals surface area contributed by atoms with Crippen molar-refractivity contribution >= 4 is 27.5 Å². The van der Waals surface area contributed by atoms with Crippen molar-refractivity contribution in [3.63, 3.8) is 0 Å². The molecule has 2 rings (SSSR count). The summed E-state index contributed by atoms with van der Waals surface area (Å²) >= 11 is 0. The minimum atomic E-state index is -3.70. The quantitative estimate of drug-likeness (QED) is 0.690. The summed E-state index contributed by atoms with van der Waals surface area (Å²) in [6, 6.07) is 12.1. The molecule has 0 aliphatic heterocycles. The van der Waals surface area contributed by atoms with E-state index in [1.807, 2.05) is 13.8 Å². The van der Waals surface area contributed by atoms with Crippen molar-refractivity contribution in [3.8, 4) is 0 Å². The van der Waals surface area contributed by atoms with Gasteiger partial charge in [0.15, 0.2) is 0 Å². The van der Waals surface area contributed by atoms with Crippen LogP contribution in [-0.2, 0) is 14.8 Å². The molecule has 0 aliphatic rings. The molecule has 2 amide bonds. The van der Waals surface area contributed by atoms with Crippen LogP contribution in [0.25, 0.3) is 0 Å². The fourth-order valence-electron chi connectivity index (χ4n) is 2.58. The Morgan fingerprint density at radius 3 is 2.17 bits per heavy atom. The largest absolute Gasteiger partial charge is 0.354 e. The van der Waals surface area contributed by atoms with Crippen LogP contribution in [0.4, 0.5) is 5.69 Å². The first-order chi connectivity index (χ1) is 13.7. The van der Waals surface area contributed by atoms with Crippen molar-refractivity contribution in [1.29, 1.82) is 0 Å². The summed E-state index contributed by atoms with van der Waals surface area (Å²) in [6.07, 6.45) is 0.812. The van der Waals surface area contributed by atoms with Gasteiger partial charge in [0.2, 0.25) is 5.91 Å². The Kier molecular flexibility index (Phi) is 7.39. The zero-order chi connectivity index (χ0) is 21.6. The molecule has 156 valence electrons. The number of rotatable bonds is 8. The average Bonchev–Trinajstić information content (AvgIpc) is 2.71. The van der Waals surface area contributed by atoms with E-state index in [9.17, 15) is 18.0 Å². The van der Waals surface area contributed by atoms with E-state index in [2.05, 4.69) is 10.6 Å². The lowest BCUT2D eigenvalue weighted by Gasteiger charge is -2.20. The standard InChI is InChI=1S/C21H27N3O4S/c1-5-14-22-20(25)16(3)23-21(26)17-8-10-18(11-9-17)24(4)29(27,28)19-12-6-15(2)7-13-19/h6-13,16H,5,14H2,1-4H3,(H,22,25)(H,23,26). The molecule has 2 aromatic carbocycles. The van der Waals surface area contributed by atoms with Crippen LogP contribution in [0.2, 0.25) is 0 Å². The second kappa shape index (κ2) is 9.56. The third-order valence-corrected chi connectivity index (χ3v) is 6.26. The fraction of sp³-hybridized carbons (Fsp3) is 0.333. The van der Waals surface area contributed by atoms with E-state index in [-0.39, 0.29) is 10.8 Å². The number of nitrogens with zero attached hydrogens (tertiary/aromatic N) is 1. The first-order valence-corrected chi connectivity index (χ1v) is 10.8. The SMILES string of the molecule is CCCNC(=O)C(C)NC(=O)c1ccc(N(C)S(=O)(=O)c2ccc(C)cc2)cc1. The predicted octanol–water partition coefficient (Wildman–Crippen LogP) is 2.46. The normalized spacial score (nSPS) is 12.1. The maximum Gasteiger partial charge on any atom is 0.264 e. The maximum atomic E-state index is 12.8. The Morgan fingerprint density at radius 2 is 1.62 bits per heavy atom. The Hall–Kier alpha value is -2.87. The third kappa shape index (κ3) is 5.57. The highest BCUT2D eigenvalue weighted by Crippen LogP contribution is 2.22. The van der Waals surface area contributed by atoms with Crippen LogP contribution in [0.3, 0.4) is 0 Å². The van der Waals surface area contributed by atoms with Gasteiger partial charge in [-0.2, -0.15) is 0 Å². The van der Waals surface area contributed by atoms with Gasteiger partial charge >= 0.3 is 0 Å². The van der Waals surface area contributed by atoms with E-state index in [0.717, 1.165) is 12.0 Å². The maximum absolute atomic E-state index is 12.8. The topological polar surface area (TPSA) is 95.6 Å². The third-order valence-electron chi connectivity index (χ3n) is 4.46. The lowest BCUT2D eigenvalue weighted by Crippen LogP contribution is -2.45. The Bertz CT molecular complexity index is 954. The molecule has 2 N–H and O–H groups in total. The van der Waals surface area contributed by atoms with Gasteiger partial charge < -0.3 is 10.6 Å². The Morgan fingerprint density at radius 1 is 1.03 bits per heavy atom. The number of amides is 2. The number of anilines is 1. The smallest absolute Gasteiger partial charge is 0.264 e. The number of benzene rings is 2. The Balaban J connectivity index is 2.10. The van der Waals surface area contributed by atoms with Crippen molar-refractivity contribution in [1.82, 2.24) is 10.6 Å². The highest BCUT2D eigenvalue weighted by molar-refractivity contribution is 7.92. The summed E-state index contributed by atoms with van der Waals surface area (Å²) in [5.41, 5.74) is 1.74. The summed E-state index contributed by atoms with van der Waals surface area (Å²) in [6.45, 7) is 5.99. The molecule has 29 heavy (non-hydrogen) atoms. The minimum Gasteiger partial charge on any atom is -0.354 e. The van der Waals surface area contributed by atoms with Crippen LogP contribution >= 0.6 is 0 Å². The van der Waals surface area contributed by atoms with Crippen LogP contribution in [0.5, 0.6) is 0 Å². The van der Waals surface area contributed by atoms with Gasteiger partial charge in [-0.15, -0.1) is 0 Å². The second-order valence-corrected chi connectivity index (χ2v) is 8.79. The van der Waals surface area contributed by atoms with E-state index in [4.69, 9.17) is 0 Å². The van der Waals surface area contributed by atoms with Gasteiger partial charge in [-0.05, 0) is 56.7 Å². The first kappa shape index (κ1) is 22.4. The van der Waals surface area contributed by atoms with Gasteiger partial charge in [0.25, 0.3) is 15.9 Å². The van der Waals surface area contributed by atoms with Crippen LogP contribution in [0.15, 0.2) is 53.4 Å². The zero-order valence-corrected chi connectivity index (χ0v) is 17.9. The lowest BCUT2D eigenvalue weighted by molar-refractivity contribution is -0.122. The van der Waals surface area contributed by atoms with Gasteiger partial charge in [-0.3, -0.25) is 13.9 Å². The van der Waals surface area contributed by atoms with Crippen molar-refractivity contribution in [2.24, 2.45) is 0 Å². The number of hydrogen-bond donors (Lipinski definition) is 2. The highest BCUT2D eigenvalue weighted by atomic mass is 32.2. The van der Waals surface area contributed by atoms with E-state index >= 15 is 0 Å². The van der Waals surface area contributed by atoms with Crippen LogP contribution in [0, 0.1) is 6.92 Å². The molecule has 0 radical (unpaired) electrons. The number of sulfonamides is 1. The summed E-state index contributed by atoms with van der Waals surface area (Å²) in [5, 5.41) is 5.35. The Labute approximate surface area is 172 Å². The molecule has 2 aromatic rings. The molecular formula is C21H27N3O4S. The van der Waals surface area contributed by atoms with E-state index in [1.165, 1.54) is 23.5 Å². The number of hydrogen-bond acceptors (Lipinski definition) is 4. The van der Waals surface area contributed by atoms with E-state index in [0.29, 0.717) is 17.8 Å². The molecule has 0 saturated carbocycles. The summed E-state index contributed by atoms with van der Waals surface area (Å²) < 4.78 is 26.7. The van der Waals surface area contributed by atoms with Gasteiger partial charge in [0.05, 0.1) is 10.6 Å². The molecule has 0 heterocycles. The van der Waals surface area contributed by atoms with Crippen molar-refractivity contribution < 1.29 is 18.0 Å². The van der Waals surface area contributed by atoms with Gasteiger partial charge in [-0.25, -0.2) is 8.42 Å². The van der Waals surface area contributed by atoms with Crippen LogP contribution < -0.4 is 14.9 Å². The van der Waals surface area contributed by atoms with Gasteiger partial charge in [0.1, 0.15) is 6.04 Å². The zero-order valence-electron chi connectivity index (χ0n) is 17.1. The molecule has 0 spiro atoms. The molecule has 0 fully saturated rings. The summed E-state index contributed by atoms with van der Waals surface area (Å²) in [5.74, 6) is -0.652. The van der Waals surface area contributed by atoms with Crippen molar-refractivity contribution in [3.05, 3.63) is 59.7 Å². The van der Waals surface area contributed by atoms with Gasteiger partial charge in [0, 0.05) is 19.2 Å². The molecular weight excluding hydrogens is 390 g/mol. The number of nitrogens with one attached hydrogen (secondary N) is 2. The summed E-state index contributed by atoms with van der Waals surface area (Å²) in [7, 11) is -2.24. The van der Waals surface area contributed by atoms with E-state index in [1.54, 1.807) is 43.3 Å². The molecule has 0 aromatic heterocycles. The van der Waals surface area contributed by atoms with Crippen molar-refractivity contribution in [2.75, 3.05) is 17.9 Å². The lowest BCUT2D eigenvalue weighted by atomic mass is 10.2. The fourth-order valence-corrected chi connectivity index (χ4v) is 3.77. The molecule has 8 heteroatoms. The van der Waals surface area contributed by atoms with E-state index < -0.39 is 22.0 Å². The molecule has 1 atom stereocenters. The number of aryl methyl sites for hydroxylation is 1. The number of carbonyl (C=O) groups excluding carboxylic acids is 2. The number of carbonyl (C=O) groups is 2. The van der Waals surface area contributed by atoms with Crippen LogP contribution in [0.1, 0.15) is 36.2 Å². The predicted molar refractivity (Wildman–Crippen MR) is 113 cm³/mol. The van der Waals surface area contributed by atoms with Gasteiger partial charge in [-0.1, -0.05) is 24.6 Å². The average molecular weight is 418 g/mol. The molecule has 7 nitrogen and oxygen atoms in total. The molecule has 0 aliphatic carbocycles. The first-order valence-electron chi connectivity index (χ1n) is 9.41. The van der Waals surface area contributed by atoms with Crippen LogP contribution in [-0.4, -0.2) is 39.9 Å². The highest BCUT2D eigenvalue weighted by Gasteiger charge is 2.22. The monoisotopic (exact) mass is 417 g/mol. The molecule has 0 bridgehead atoms. The van der Waals surface area contributed by atoms with Crippen molar-refractivity contribution in [2.45, 2.75) is 38.1 Å². The molecule has 1 unspecified atom stereocenters. The minimum absolute atomic E-state index is 0.194. The summed E-state index contributed by atoms with van der Waals surface area (Å²) in [4.78, 5) is 24.4. The second-order valence-electron chi connectivity index (χ2n) is 6.82.